The Morgan fingerprint density at radius 3 is 2.40 bits per heavy atom. The van der Waals surface area contributed by atoms with E-state index in [-0.39, 0.29) is 0 Å². The van der Waals surface area contributed by atoms with Gasteiger partial charge in [-0.25, -0.2) is 0 Å². The molecule has 0 saturated heterocycles. The molecule has 0 radical (unpaired) electrons. The molecule has 3 heteroatoms. The number of nitrogens with one attached hydrogen (secondary N) is 1. The van der Waals surface area contributed by atoms with E-state index in [1.165, 1.54) is 4.90 Å². The topological polar surface area (TPSA) is 24.4 Å². The molecule has 2 aromatic carbocycles. The van der Waals surface area contributed by atoms with Crippen molar-refractivity contribution >= 4 is 23.7 Å². The molecular formula is C17H20N2S. The third-order valence-electron chi connectivity index (χ3n) is 2.64. The summed E-state index contributed by atoms with van der Waals surface area (Å²) >= 11 is 1.90. The highest BCUT2D eigenvalue weighted by molar-refractivity contribution is 7.99. The Bertz CT molecular complexity index is 533. The summed E-state index contributed by atoms with van der Waals surface area (Å²) in [5.74, 6) is 1.87. The summed E-state index contributed by atoms with van der Waals surface area (Å²) in [6.45, 7) is 4.48. The molecule has 1 N–H and O–H groups in total. The van der Waals surface area contributed by atoms with E-state index in [1.807, 2.05) is 48.3 Å². The number of hydrogen-bond acceptors (Lipinski definition) is 3. The maximum atomic E-state index is 4.23. The van der Waals surface area contributed by atoms with E-state index in [9.17, 15) is 0 Å². The molecule has 0 aromatic heterocycles. The van der Waals surface area contributed by atoms with E-state index >= 15 is 0 Å². The van der Waals surface area contributed by atoms with Crippen molar-refractivity contribution in [1.29, 1.82) is 0 Å². The largest absolute Gasteiger partial charge is 0.279 e. The lowest BCUT2D eigenvalue weighted by atomic mass is 10.2. The van der Waals surface area contributed by atoms with Crippen LogP contribution in [0.3, 0.4) is 0 Å². The molecule has 0 atom stereocenters. The number of benzene rings is 2. The van der Waals surface area contributed by atoms with Crippen molar-refractivity contribution in [1.82, 2.24) is 0 Å². The van der Waals surface area contributed by atoms with E-state index in [2.05, 4.69) is 48.6 Å². The molecule has 2 rings (SSSR count). The molecule has 20 heavy (non-hydrogen) atoms. The monoisotopic (exact) mass is 284 g/mol. The zero-order chi connectivity index (χ0) is 14.2. The van der Waals surface area contributed by atoms with Crippen molar-refractivity contribution in [3.05, 3.63) is 60.2 Å². The van der Waals surface area contributed by atoms with Crippen LogP contribution in [0.5, 0.6) is 0 Å². The minimum absolute atomic E-state index is 0.719. The lowest BCUT2D eigenvalue weighted by Crippen LogP contribution is -1.91. The number of nitrogens with zero attached hydrogens (tertiary/aromatic N) is 1. The van der Waals surface area contributed by atoms with Crippen LogP contribution < -0.4 is 5.43 Å². The van der Waals surface area contributed by atoms with Crippen LogP contribution in [0, 0.1) is 5.92 Å². The summed E-state index contributed by atoms with van der Waals surface area (Å²) in [6.07, 6.45) is 1.84. The lowest BCUT2D eigenvalue weighted by Gasteiger charge is -2.04. The second-order valence-electron chi connectivity index (χ2n) is 5.01. The van der Waals surface area contributed by atoms with Crippen LogP contribution >= 0.6 is 11.8 Å². The molecule has 0 bridgehead atoms. The highest BCUT2D eigenvalue weighted by Crippen LogP contribution is 2.20. The zero-order valence-electron chi connectivity index (χ0n) is 11.9. The van der Waals surface area contributed by atoms with Crippen LogP contribution in [0.15, 0.2) is 64.6 Å². The molecule has 2 aromatic rings. The second-order valence-corrected chi connectivity index (χ2v) is 6.10. The van der Waals surface area contributed by atoms with Gasteiger partial charge in [0.1, 0.15) is 0 Å². The van der Waals surface area contributed by atoms with Gasteiger partial charge in [0, 0.05) is 10.6 Å². The number of rotatable bonds is 6. The Balaban J connectivity index is 1.87. The predicted molar refractivity (Wildman–Crippen MR) is 89.7 cm³/mol. The molecule has 0 amide bonds. The number of anilines is 1. The fourth-order valence-corrected chi connectivity index (χ4v) is 2.46. The van der Waals surface area contributed by atoms with Crippen LogP contribution in [0.1, 0.15) is 19.4 Å². The van der Waals surface area contributed by atoms with Crippen molar-refractivity contribution in [2.75, 3.05) is 11.2 Å². The SMILES string of the molecule is CC(C)CSc1ccc(C=NNc2ccccc2)cc1. The van der Waals surface area contributed by atoms with Gasteiger partial charge in [-0.15, -0.1) is 11.8 Å². The van der Waals surface area contributed by atoms with Crippen LogP contribution in [0.25, 0.3) is 0 Å². The van der Waals surface area contributed by atoms with Gasteiger partial charge in [0.25, 0.3) is 0 Å². The quantitative estimate of drug-likeness (QED) is 0.464. The highest BCUT2D eigenvalue weighted by Gasteiger charge is 1.97. The van der Waals surface area contributed by atoms with Gasteiger partial charge in [0.2, 0.25) is 0 Å². The molecule has 0 aliphatic rings. The standard InChI is InChI=1S/C17H20N2S/c1-14(2)13-20-17-10-8-15(9-11-17)12-18-19-16-6-4-3-5-7-16/h3-12,14,19H,13H2,1-2H3. The summed E-state index contributed by atoms with van der Waals surface area (Å²) < 4.78 is 0. The first-order chi connectivity index (χ1) is 9.74. The molecule has 0 heterocycles. The van der Waals surface area contributed by atoms with Crippen molar-refractivity contribution in [2.24, 2.45) is 11.0 Å². The van der Waals surface area contributed by atoms with Gasteiger partial charge in [-0.3, -0.25) is 5.43 Å². The number of para-hydroxylation sites is 1. The van der Waals surface area contributed by atoms with Crippen LogP contribution in [0.2, 0.25) is 0 Å². The average molecular weight is 284 g/mol. The third kappa shape index (κ3) is 5.10. The van der Waals surface area contributed by atoms with Crippen molar-refractivity contribution in [3.63, 3.8) is 0 Å². The van der Waals surface area contributed by atoms with E-state index in [4.69, 9.17) is 0 Å². The normalized spacial score (nSPS) is 11.2. The minimum Gasteiger partial charge on any atom is -0.279 e. The first-order valence-corrected chi connectivity index (χ1v) is 7.79. The molecule has 0 unspecified atom stereocenters. The van der Waals surface area contributed by atoms with Crippen molar-refractivity contribution in [3.8, 4) is 0 Å². The molecule has 0 aliphatic heterocycles. The molecule has 0 aliphatic carbocycles. The third-order valence-corrected chi connectivity index (χ3v) is 4.08. The summed E-state index contributed by atoms with van der Waals surface area (Å²) in [5.41, 5.74) is 5.10. The van der Waals surface area contributed by atoms with Crippen molar-refractivity contribution < 1.29 is 0 Å². The molecule has 0 saturated carbocycles. The fraction of sp³-hybridized carbons (Fsp3) is 0.235. The number of hydrogen-bond donors (Lipinski definition) is 1. The van der Waals surface area contributed by atoms with Gasteiger partial charge in [-0.1, -0.05) is 44.2 Å². The Kier molecular flexibility index (Phi) is 5.69. The fourth-order valence-electron chi connectivity index (χ4n) is 1.61. The van der Waals surface area contributed by atoms with Crippen molar-refractivity contribution in [2.45, 2.75) is 18.7 Å². The number of hydrazone groups is 1. The first kappa shape index (κ1) is 14.7. The van der Waals surface area contributed by atoms with E-state index in [0.29, 0.717) is 0 Å². The van der Waals surface area contributed by atoms with Gasteiger partial charge in [0.05, 0.1) is 11.9 Å². The summed E-state index contributed by atoms with van der Waals surface area (Å²) in [7, 11) is 0. The lowest BCUT2D eigenvalue weighted by molar-refractivity contribution is 0.750. The van der Waals surface area contributed by atoms with E-state index < -0.39 is 0 Å². The van der Waals surface area contributed by atoms with E-state index in [0.717, 1.165) is 22.9 Å². The van der Waals surface area contributed by atoms with Gasteiger partial charge >= 0.3 is 0 Å². The average Bonchev–Trinajstić information content (AvgIpc) is 2.47. The van der Waals surface area contributed by atoms with Crippen LogP contribution in [-0.2, 0) is 0 Å². The molecular weight excluding hydrogens is 264 g/mol. The van der Waals surface area contributed by atoms with Gasteiger partial charge < -0.3 is 0 Å². The zero-order valence-corrected chi connectivity index (χ0v) is 12.7. The maximum Gasteiger partial charge on any atom is 0.0561 e. The summed E-state index contributed by atoms with van der Waals surface area (Å²) in [5, 5.41) is 4.23. The molecule has 0 fully saturated rings. The molecule has 0 spiro atoms. The highest BCUT2D eigenvalue weighted by atomic mass is 32.2. The molecule has 104 valence electrons. The Morgan fingerprint density at radius 2 is 1.75 bits per heavy atom. The first-order valence-electron chi connectivity index (χ1n) is 6.81. The Morgan fingerprint density at radius 1 is 1.05 bits per heavy atom. The van der Waals surface area contributed by atoms with E-state index in [1.54, 1.807) is 0 Å². The molecule has 2 nitrogen and oxygen atoms in total. The number of thioether (sulfide) groups is 1. The minimum atomic E-state index is 0.719. The smallest absolute Gasteiger partial charge is 0.0561 e. The van der Waals surface area contributed by atoms with Gasteiger partial charge in [0.15, 0.2) is 0 Å². The summed E-state index contributed by atoms with van der Waals surface area (Å²) in [6, 6.07) is 18.4. The maximum absolute atomic E-state index is 4.23. The summed E-state index contributed by atoms with van der Waals surface area (Å²) in [4.78, 5) is 1.31. The van der Waals surface area contributed by atoms with Gasteiger partial charge in [-0.05, 0) is 35.7 Å². The second kappa shape index (κ2) is 7.75. The Labute approximate surface area is 125 Å². The predicted octanol–water partition coefficient (Wildman–Crippen LogP) is 4.88. The Hall–Kier alpha value is -1.74. The van der Waals surface area contributed by atoms with Crippen LogP contribution in [-0.4, -0.2) is 12.0 Å². The van der Waals surface area contributed by atoms with Crippen LogP contribution in [0.4, 0.5) is 5.69 Å². The van der Waals surface area contributed by atoms with Gasteiger partial charge in [-0.2, -0.15) is 5.10 Å².